The normalized spacial score (nSPS) is 28.6. The third-order valence-electron chi connectivity index (χ3n) is 3.83. The third kappa shape index (κ3) is 4.12. The van der Waals surface area contributed by atoms with E-state index < -0.39 is 0 Å². The molecule has 0 amide bonds. The second-order valence-corrected chi connectivity index (χ2v) is 5.12. The molecule has 0 saturated heterocycles. The first-order chi connectivity index (χ1) is 7.17. The van der Waals surface area contributed by atoms with Crippen LogP contribution >= 0.6 is 0 Å². The van der Waals surface area contributed by atoms with Gasteiger partial charge in [-0.3, -0.25) is 0 Å². The highest BCUT2D eigenvalue weighted by atomic mass is 16.3. The SMILES string of the molecule is CCC(C)CN(CC)CC1CCCC1O. The van der Waals surface area contributed by atoms with Gasteiger partial charge in [0.1, 0.15) is 0 Å². The van der Waals surface area contributed by atoms with Crippen LogP contribution < -0.4 is 0 Å². The molecule has 1 rings (SSSR count). The van der Waals surface area contributed by atoms with Gasteiger partial charge in [0.15, 0.2) is 0 Å². The molecule has 3 unspecified atom stereocenters. The second kappa shape index (κ2) is 6.49. The van der Waals surface area contributed by atoms with Gasteiger partial charge in [-0.25, -0.2) is 0 Å². The second-order valence-electron chi connectivity index (χ2n) is 5.12. The Morgan fingerprint density at radius 3 is 2.53 bits per heavy atom. The average molecular weight is 213 g/mol. The molecule has 2 heteroatoms. The van der Waals surface area contributed by atoms with E-state index in [9.17, 15) is 5.11 Å². The molecule has 0 aromatic carbocycles. The molecule has 2 nitrogen and oxygen atoms in total. The maximum absolute atomic E-state index is 9.80. The highest BCUT2D eigenvalue weighted by Gasteiger charge is 2.26. The summed E-state index contributed by atoms with van der Waals surface area (Å²) in [5.41, 5.74) is 0. The molecule has 0 spiro atoms. The number of hydrogen-bond donors (Lipinski definition) is 1. The zero-order chi connectivity index (χ0) is 11.3. The van der Waals surface area contributed by atoms with Crippen LogP contribution in [0.5, 0.6) is 0 Å². The number of aliphatic hydroxyl groups is 1. The Morgan fingerprint density at radius 1 is 1.33 bits per heavy atom. The molecule has 0 radical (unpaired) electrons. The summed E-state index contributed by atoms with van der Waals surface area (Å²) in [6.45, 7) is 10.2. The first kappa shape index (κ1) is 13.0. The molecular formula is C13H27NO. The Labute approximate surface area is 94.7 Å². The van der Waals surface area contributed by atoms with Crippen LogP contribution in [0.3, 0.4) is 0 Å². The van der Waals surface area contributed by atoms with Crippen molar-refractivity contribution in [3.05, 3.63) is 0 Å². The minimum absolute atomic E-state index is 0.0315. The monoisotopic (exact) mass is 213 g/mol. The first-order valence-corrected chi connectivity index (χ1v) is 6.57. The molecular weight excluding hydrogens is 186 g/mol. The first-order valence-electron chi connectivity index (χ1n) is 6.57. The Kier molecular flexibility index (Phi) is 5.62. The van der Waals surface area contributed by atoms with Gasteiger partial charge in [0.05, 0.1) is 6.10 Å². The van der Waals surface area contributed by atoms with Crippen molar-refractivity contribution in [2.75, 3.05) is 19.6 Å². The van der Waals surface area contributed by atoms with E-state index in [4.69, 9.17) is 0 Å². The summed E-state index contributed by atoms with van der Waals surface area (Å²) in [6, 6.07) is 0. The van der Waals surface area contributed by atoms with Gasteiger partial charge in [-0.1, -0.05) is 33.6 Å². The van der Waals surface area contributed by atoms with Crippen LogP contribution in [0.25, 0.3) is 0 Å². The van der Waals surface area contributed by atoms with E-state index in [0.29, 0.717) is 5.92 Å². The Hall–Kier alpha value is -0.0800. The molecule has 1 aliphatic carbocycles. The predicted octanol–water partition coefficient (Wildman–Crippen LogP) is 2.52. The van der Waals surface area contributed by atoms with Crippen molar-refractivity contribution in [3.8, 4) is 0 Å². The fraction of sp³-hybridized carbons (Fsp3) is 1.00. The van der Waals surface area contributed by atoms with Gasteiger partial charge in [-0.2, -0.15) is 0 Å². The largest absolute Gasteiger partial charge is 0.393 e. The van der Waals surface area contributed by atoms with E-state index in [1.54, 1.807) is 0 Å². The summed E-state index contributed by atoms with van der Waals surface area (Å²) in [6.07, 6.45) is 4.68. The third-order valence-corrected chi connectivity index (χ3v) is 3.83. The van der Waals surface area contributed by atoms with Crippen LogP contribution in [0.15, 0.2) is 0 Å². The highest BCUT2D eigenvalue weighted by molar-refractivity contribution is 4.79. The fourth-order valence-corrected chi connectivity index (χ4v) is 2.46. The van der Waals surface area contributed by atoms with Crippen molar-refractivity contribution < 1.29 is 5.11 Å². The molecule has 0 aromatic rings. The summed E-state index contributed by atoms with van der Waals surface area (Å²) in [4.78, 5) is 2.51. The van der Waals surface area contributed by atoms with Crippen molar-refractivity contribution in [3.63, 3.8) is 0 Å². The Balaban J connectivity index is 2.32. The molecule has 90 valence electrons. The lowest BCUT2D eigenvalue weighted by atomic mass is 10.0. The maximum Gasteiger partial charge on any atom is 0.0580 e. The van der Waals surface area contributed by atoms with Crippen LogP contribution in [0.1, 0.15) is 46.5 Å². The van der Waals surface area contributed by atoms with Gasteiger partial charge in [0, 0.05) is 13.1 Å². The van der Waals surface area contributed by atoms with Gasteiger partial charge >= 0.3 is 0 Å². The van der Waals surface area contributed by atoms with Crippen LogP contribution in [-0.2, 0) is 0 Å². The molecule has 1 aliphatic rings. The van der Waals surface area contributed by atoms with E-state index in [1.807, 2.05) is 0 Å². The Morgan fingerprint density at radius 2 is 2.07 bits per heavy atom. The van der Waals surface area contributed by atoms with E-state index in [-0.39, 0.29) is 6.10 Å². The molecule has 0 heterocycles. The van der Waals surface area contributed by atoms with Crippen LogP contribution in [0.2, 0.25) is 0 Å². The Bertz CT molecular complexity index is 172. The van der Waals surface area contributed by atoms with E-state index in [0.717, 1.165) is 25.4 Å². The predicted molar refractivity (Wildman–Crippen MR) is 64.9 cm³/mol. The van der Waals surface area contributed by atoms with Crippen molar-refractivity contribution in [1.82, 2.24) is 4.90 Å². The summed E-state index contributed by atoms with van der Waals surface area (Å²) in [5, 5.41) is 9.80. The molecule has 1 saturated carbocycles. The molecule has 3 atom stereocenters. The summed E-state index contributed by atoms with van der Waals surface area (Å²) in [5.74, 6) is 1.32. The molecule has 15 heavy (non-hydrogen) atoms. The lowest BCUT2D eigenvalue weighted by Crippen LogP contribution is -2.35. The van der Waals surface area contributed by atoms with Gasteiger partial charge < -0.3 is 10.0 Å². The fourth-order valence-electron chi connectivity index (χ4n) is 2.46. The highest BCUT2D eigenvalue weighted by Crippen LogP contribution is 2.26. The number of nitrogens with zero attached hydrogens (tertiary/aromatic N) is 1. The smallest absolute Gasteiger partial charge is 0.0580 e. The van der Waals surface area contributed by atoms with Crippen LogP contribution in [0, 0.1) is 11.8 Å². The zero-order valence-electron chi connectivity index (χ0n) is 10.6. The molecule has 1 fully saturated rings. The standard InChI is InChI=1S/C13H27NO/c1-4-11(3)9-14(5-2)10-12-7-6-8-13(12)15/h11-13,15H,4-10H2,1-3H3. The van der Waals surface area contributed by atoms with Crippen LogP contribution in [-0.4, -0.2) is 35.7 Å². The van der Waals surface area contributed by atoms with Crippen molar-refractivity contribution in [1.29, 1.82) is 0 Å². The van der Waals surface area contributed by atoms with Gasteiger partial charge in [-0.05, 0) is 31.2 Å². The maximum atomic E-state index is 9.80. The van der Waals surface area contributed by atoms with Crippen molar-refractivity contribution in [2.45, 2.75) is 52.6 Å². The lowest BCUT2D eigenvalue weighted by Gasteiger charge is -2.27. The average Bonchev–Trinajstić information content (AvgIpc) is 2.63. The van der Waals surface area contributed by atoms with E-state index in [2.05, 4.69) is 25.7 Å². The summed E-state index contributed by atoms with van der Waals surface area (Å²) in [7, 11) is 0. The lowest BCUT2D eigenvalue weighted by molar-refractivity contribution is 0.0984. The number of aliphatic hydroxyl groups excluding tert-OH is 1. The molecule has 0 bridgehead atoms. The minimum atomic E-state index is -0.0315. The molecule has 1 N–H and O–H groups in total. The number of hydrogen-bond acceptors (Lipinski definition) is 2. The van der Waals surface area contributed by atoms with Gasteiger partial charge in [-0.15, -0.1) is 0 Å². The van der Waals surface area contributed by atoms with Crippen LogP contribution in [0.4, 0.5) is 0 Å². The summed E-state index contributed by atoms with van der Waals surface area (Å²) >= 11 is 0. The van der Waals surface area contributed by atoms with E-state index in [1.165, 1.54) is 25.8 Å². The summed E-state index contributed by atoms with van der Waals surface area (Å²) < 4.78 is 0. The quantitative estimate of drug-likeness (QED) is 0.733. The zero-order valence-corrected chi connectivity index (χ0v) is 10.6. The molecule has 0 aromatic heterocycles. The number of rotatable bonds is 6. The molecule has 0 aliphatic heterocycles. The topological polar surface area (TPSA) is 23.5 Å². The van der Waals surface area contributed by atoms with Gasteiger partial charge in [0.25, 0.3) is 0 Å². The van der Waals surface area contributed by atoms with Crippen molar-refractivity contribution in [2.24, 2.45) is 11.8 Å². The van der Waals surface area contributed by atoms with Gasteiger partial charge in [0.2, 0.25) is 0 Å². The minimum Gasteiger partial charge on any atom is -0.393 e. The van der Waals surface area contributed by atoms with E-state index >= 15 is 0 Å². The van der Waals surface area contributed by atoms with Crippen molar-refractivity contribution >= 4 is 0 Å².